The van der Waals surface area contributed by atoms with Crippen molar-refractivity contribution < 1.29 is 9.18 Å². The number of halogens is 2. The summed E-state index contributed by atoms with van der Waals surface area (Å²) < 4.78 is 13.6. The van der Waals surface area contributed by atoms with Gasteiger partial charge in [0, 0.05) is 22.9 Å². The lowest BCUT2D eigenvalue weighted by molar-refractivity contribution is -0.118. The second kappa shape index (κ2) is 8.20. The zero-order valence-corrected chi connectivity index (χ0v) is 13.8. The van der Waals surface area contributed by atoms with Gasteiger partial charge in [0.2, 0.25) is 5.91 Å². The van der Waals surface area contributed by atoms with Crippen molar-refractivity contribution in [2.75, 3.05) is 5.75 Å². The van der Waals surface area contributed by atoms with Gasteiger partial charge in [-0.15, -0.1) is 11.8 Å². The van der Waals surface area contributed by atoms with Gasteiger partial charge in [0.05, 0.1) is 5.75 Å². The van der Waals surface area contributed by atoms with Crippen LogP contribution < -0.4 is 5.32 Å². The summed E-state index contributed by atoms with van der Waals surface area (Å²) in [4.78, 5) is 11.8. The Kier molecular flexibility index (Phi) is 6.28. The Morgan fingerprint density at radius 2 is 2.05 bits per heavy atom. The molecule has 2 aromatic rings. The molecule has 0 fully saturated rings. The van der Waals surface area contributed by atoms with Crippen molar-refractivity contribution in [1.82, 2.24) is 5.32 Å². The van der Waals surface area contributed by atoms with Crippen molar-refractivity contribution in [3.8, 4) is 0 Å². The Morgan fingerprint density at radius 3 is 2.77 bits per heavy atom. The SMILES string of the molecule is Cc1cccc(CNC(=O)CSCc2c(F)cccc2Cl)c1. The number of hydrogen-bond acceptors (Lipinski definition) is 2. The second-order valence-corrected chi connectivity index (χ2v) is 6.35. The summed E-state index contributed by atoms with van der Waals surface area (Å²) in [7, 11) is 0. The van der Waals surface area contributed by atoms with Gasteiger partial charge in [-0.3, -0.25) is 4.79 Å². The van der Waals surface area contributed by atoms with E-state index in [9.17, 15) is 9.18 Å². The van der Waals surface area contributed by atoms with Crippen molar-refractivity contribution in [2.24, 2.45) is 0 Å². The molecule has 0 aromatic heterocycles. The van der Waals surface area contributed by atoms with Crippen LogP contribution >= 0.6 is 23.4 Å². The number of nitrogens with one attached hydrogen (secondary N) is 1. The average molecular weight is 338 g/mol. The highest BCUT2D eigenvalue weighted by Gasteiger charge is 2.08. The zero-order valence-electron chi connectivity index (χ0n) is 12.2. The lowest BCUT2D eigenvalue weighted by atomic mass is 10.1. The molecule has 0 heterocycles. The maximum absolute atomic E-state index is 13.6. The first-order valence-electron chi connectivity index (χ1n) is 6.89. The number of rotatable bonds is 6. The van der Waals surface area contributed by atoms with Crippen LogP contribution in [0, 0.1) is 12.7 Å². The largest absolute Gasteiger partial charge is 0.351 e. The Bertz CT molecular complexity index is 643. The maximum atomic E-state index is 13.6. The summed E-state index contributed by atoms with van der Waals surface area (Å²) in [5.41, 5.74) is 2.67. The van der Waals surface area contributed by atoms with E-state index in [1.165, 1.54) is 17.8 Å². The molecule has 0 aliphatic carbocycles. The monoisotopic (exact) mass is 337 g/mol. The van der Waals surface area contributed by atoms with Crippen LogP contribution in [0.4, 0.5) is 4.39 Å². The summed E-state index contributed by atoms with van der Waals surface area (Å²) >= 11 is 7.29. The molecule has 5 heteroatoms. The van der Waals surface area contributed by atoms with Gasteiger partial charge in [-0.25, -0.2) is 4.39 Å². The normalized spacial score (nSPS) is 10.5. The van der Waals surface area contributed by atoms with Crippen molar-refractivity contribution in [3.63, 3.8) is 0 Å². The smallest absolute Gasteiger partial charge is 0.230 e. The highest BCUT2D eigenvalue weighted by Crippen LogP contribution is 2.23. The fourth-order valence-corrected chi connectivity index (χ4v) is 3.19. The quantitative estimate of drug-likeness (QED) is 0.849. The molecule has 116 valence electrons. The van der Waals surface area contributed by atoms with E-state index < -0.39 is 0 Å². The van der Waals surface area contributed by atoms with E-state index in [1.54, 1.807) is 12.1 Å². The molecule has 0 unspecified atom stereocenters. The highest BCUT2D eigenvalue weighted by molar-refractivity contribution is 7.99. The Labute approximate surface area is 139 Å². The molecule has 2 nitrogen and oxygen atoms in total. The summed E-state index contributed by atoms with van der Waals surface area (Å²) in [6, 6.07) is 12.6. The standard InChI is InChI=1S/C17H17ClFNOS/c1-12-4-2-5-13(8-12)9-20-17(21)11-22-10-14-15(18)6-3-7-16(14)19/h2-8H,9-11H2,1H3,(H,20,21). The molecule has 0 saturated heterocycles. The van der Waals surface area contributed by atoms with Gasteiger partial charge in [0.15, 0.2) is 0 Å². The van der Waals surface area contributed by atoms with Crippen LogP contribution in [-0.4, -0.2) is 11.7 Å². The molecule has 0 atom stereocenters. The summed E-state index contributed by atoms with van der Waals surface area (Å²) in [5, 5.41) is 3.25. The number of benzene rings is 2. The van der Waals surface area contributed by atoms with Crippen LogP contribution in [0.1, 0.15) is 16.7 Å². The summed E-state index contributed by atoms with van der Waals surface area (Å²) in [5.74, 6) is 0.249. The molecule has 1 N–H and O–H groups in total. The fourth-order valence-electron chi connectivity index (χ4n) is 1.99. The Hall–Kier alpha value is -1.52. The van der Waals surface area contributed by atoms with Gasteiger partial charge in [-0.1, -0.05) is 47.5 Å². The molecule has 0 aliphatic heterocycles. The average Bonchev–Trinajstić information content (AvgIpc) is 2.48. The highest BCUT2D eigenvalue weighted by atomic mass is 35.5. The van der Waals surface area contributed by atoms with E-state index in [4.69, 9.17) is 11.6 Å². The van der Waals surface area contributed by atoms with E-state index in [0.29, 0.717) is 22.9 Å². The van der Waals surface area contributed by atoms with Gasteiger partial charge in [0.25, 0.3) is 0 Å². The molecule has 2 rings (SSSR count). The fraction of sp³-hybridized carbons (Fsp3) is 0.235. The van der Waals surface area contributed by atoms with Crippen molar-refractivity contribution in [2.45, 2.75) is 19.2 Å². The number of aryl methyl sites for hydroxylation is 1. The van der Waals surface area contributed by atoms with Gasteiger partial charge in [0.1, 0.15) is 5.82 Å². The van der Waals surface area contributed by atoms with E-state index in [-0.39, 0.29) is 17.5 Å². The Balaban J connectivity index is 1.76. The van der Waals surface area contributed by atoms with E-state index in [2.05, 4.69) is 5.32 Å². The third-order valence-electron chi connectivity index (χ3n) is 3.11. The topological polar surface area (TPSA) is 29.1 Å². The lowest BCUT2D eigenvalue weighted by Crippen LogP contribution is -2.24. The lowest BCUT2D eigenvalue weighted by Gasteiger charge is -2.07. The first-order chi connectivity index (χ1) is 10.6. The van der Waals surface area contributed by atoms with Gasteiger partial charge in [-0.2, -0.15) is 0 Å². The minimum Gasteiger partial charge on any atom is -0.351 e. The third-order valence-corrected chi connectivity index (χ3v) is 4.43. The summed E-state index contributed by atoms with van der Waals surface area (Å²) in [6.07, 6.45) is 0. The first kappa shape index (κ1) is 16.8. The van der Waals surface area contributed by atoms with Crippen molar-refractivity contribution in [1.29, 1.82) is 0 Å². The van der Waals surface area contributed by atoms with Crippen LogP contribution in [-0.2, 0) is 17.1 Å². The van der Waals surface area contributed by atoms with Crippen molar-refractivity contribution in [3.05, 3.63) is 70.0 Å². The second-order valence-electron chi connectivity index (χ2n) is 4.96. The molecule has 0 radical (unpaired) electrons. The molecule has 0 spiro atoms. The number of thioether (sulfide) groups is 1. The molecule has 1 amide bonds. The van der Waals surface area contributed by atoms with Crippen LogP contribution in [0.2, 0.25) is 5.02 Å². The van der Waals surface area contributed by atoms with Crippen LogP contribution in [0.15, 0.2) is 42.5 Å². The predicted octanol–water partition coefficient (Wildman–Crippen LogP) is 4.34. The Morgan fingerprint density at radius 1 is 1.27 bits per heavy atom. The zero-order chi connectivity index (χ0) is 15.9. The number of hydrogen-bond donors (Lipinski definition) is 1. The summed E-state index contributed by atoms with van der Waals surface area (Å²) in [6.45, 7) is 2.51. The molecule has 2 aromatic carbocycles. The molecular weight excluding hydrogens is 321 g/mol. The van der Waals surface area contributed by atoms with Gasteiger partial charge < -0.3 is 5.32 Å². The number of carbonyl (C=O) groups is 1. The first-order valence-corrected chi connectivity index (χ1v) is 8.42. The molecule has 0 bridgehead atoms. The third kappa shape index (κ3) is 5.04. The van der Waals surface area contributed by atoms with Gasteiger partial charge in [-0.05, 0) is 24.6 Å². The minimum atomic E-state index is -0.333. The molecule has 0 saturated carbocycles. The minimum absolute atomic E-state index is 0.0704. The molecule has 22 heavy (non-hydrogen) atoms. The number of carbonyl (C=O) groups excluding carboxylic acids is 1. The van der Waals surface area contributed by atoms with E-state index in [0.717, 1.165) is 11.1 Å². The van der Waals surface area contributed by atoms with Crippen LogP contribution in [0.5, 0.6) is 0 Å². The molecular formula is C17H17ClFNOS. The van der Waals surface area contributed by atoms with E-state index in [1.807, 2.05) is 31.2 Å². The number of amides is 1. The van der Waals surface area contributed by atoms with Crippen LogP contribution in [0.25, 0.3) is 0 Å². The predicted molar refractivity (Wildman–Crippen MR) is 90.6 cm³/mol. The van der Waals surface area contributed by atoms with E-state index >= 15 is 0 Å². The van der Waals surface area contributed by atoms with Crippen LogP contribution in [0.3, 0.4) is 0 Å². The van der Waals surface area contributed by atoms with Crippen molar-refractivity contribution >= 4 is 29.3 Å². The maximum Gasteiger partial charge on any atom is 0.230 e. The van der Waals surface area contributed by atoms with Gasteiger partial charge >= 0.3 is 0 Å². The molecule has 0 aliphatic rings.